The molecule has 0 atom stereocenters. The second-order valence-corrected chi connectivity index (χ2v) is 10.4. The molecule has 7 nitrogen and oxygen atoms in total. The Morgan fingerprint density at radius 2 is 1.86 bits per heavy atom. The molecule has 0 spiro atoms. The molecule has 190 valence electrons. The first-order valence-electron chi connectivity index (χ1n) is 11.9. The lowest BCUT2D eigenvalue weighted by atomic mass is 9.97. The standard InChI is InChI=1S/C25H26F3N5O2S/c1-16-13-20(25(26,27)28)30-33(16)15-21(34)31-10-7-18(8-11-31)23-29-22-19(36-23)9-12-32(24(22)35)14-17-5-3-2-4-6-17/h2-6,13,18H,7-12,14-15H2,1H3. The average Bonchev–Trinajstić information content (AvgIpc) is 3.46. The van der Waals surface area contributed by atoms with Gasteiger partial charge < -0.3 is 9.80 Å². The van der Waals surface area contributed by atoms with Gasteiger partial charge in [-0.15, -0.1) is 11.3 Å². The molecule has 2 amide bonds. The zero-order chi connectivity index (χ0) is 25.4. The molecule has 1 saturated heterocycles. The number of hydrogen-bond donors (Lipinski definition) is 0. The van der Waals surface area contributed by atoms with E-state index in [-0.39, 0.29) is 24.3 Å². The number of thiazole rings is 1. The van der Waals surface area contributed by atoms with E-state index in [9.17, 15) is 22.8 Å². The number of aryl methyl sites for hydroxylation is 1. The fraction of sp³-hybridized carbons (Fsp3) is 0.440. The van der Waals surface area contributed by atoms with Crippen LogP contribution in [0.3, 0.4) is 0 Å². The average molecular weight is 518 g/mol. The third-order valence-corrected chi connectivity index (χ3v) is 8.06. The molecule has 0 radical (unpaired) electrons. The summed E-state index contributed by atoms with van der Waals surface area (Å²) in [4.78, 5) is 35.0. The fourth-order valence-electron chi connectivity index (χ4n) is 4.74. The summed E-state index contributed by atoms with van der Waals surface area (Å²) in [5.74, 6) is -0.134. The van der Waals surface area contributed by atoms with Crippen LogP contribution in [0.1, 0.15) is 56.1 Å². The highest BCUT2D eigenvalue weighted by atomic mass is 32.1. The summed E-state index contributed by atoms with van der Waals surface area (Å²) in [6.07, 6.45) is -2.35. The van der Waals surface area contributed by atoms with Crippen molar-refractivity contribution in [3.63, 3.8) is 0 Å². The molecule has 0 saturated carbocycles. The van der Waals surface area contributed by atoms with Crippen LogP contribution in [0.25, 0.3) is 0 Å². The van der Waals surface area contributed by atoms with Crippen LogP contribution in [0.2, 0.25) is 0 Å². The number of piperidine rings is 1. The first kappa shape index (κ1) is 24.5. The Labute approximate surface area is 210 Å². The first-order chi connectivity index (χ1) is 17.2. The Balaban J connectivity index is 1.19. The Morgan fingerprint density at radius 1 is 1.14 bits per heavy atom. The summed E-state index contributed by atoms with van der Waals surface area (Å²) < 4.78 is 39.8. The highest BCUT2D eigenvalue weighted by Crippen LogP contribution is 2.35. The summed E-state index contributed by atoms with van der Waals surface area (Å²) in [5.41, 5.74) is 0.938. The molecule has 1 aromatic carbocycles. The monoisotopic (exact) mass is 517 g/mol. The Hall–Kier alpha value is -3.21. The summed E-state index contributed by atoms with van der Waals surface area (Å²) in [7, 11) is 0. The van der Waals surface area contributed by atoms with Crippen LogP contribution in [0, 0.1) is 6.92 Å². The number of halogens is 3. The number of nitrogens with zero attached hydrogens (tertiary/aromatic N) is 5. The number of fused-ring (bicyclic) bond motifs is 1. The maximum absolute atomic E-state index is 13.1. The van der Waals surface area contributed by atoms with Gasteiger partial charge >= 0.3 is 6.18 Å². The minimum Gasteiger partial charge on any atom is -0.341 e. The number of benzene rings is 1. The zero-order valence-corrected chi connectivity index (χ0v) is 20.6. The van der Waals surface area contributed by atoms with E-state index in [1.165, 1.54) is 6.92 Å². The minimum atomic E-state index is -4.54. The lowest BCUT2D eigenvalue weighted by Gasteiger charge is -2.31. The number of likely N-dealkylation sites (tertiary alicyclic amines) is 1. The van der Waals surface area contributed by atoms with Gasteiger partial charge in [0.05, 0.1) is 5.01 Å². The fourth-order valence-corrected chi connectivity index (χ4v) is 5.95. The van der Waals surface area contributed by atoms with Gasteiger partial charge in [-0.1, -0.05) is 30.3 Å². The van der Waals surface area contributed by atoms with Crippen molar-refractivity contribution < 1.29 is 22.8 Å². The zero-order valence-electron chi connectivity index (χ0n) is 19.8. The number of hydrogen-bond acceptors (Lipinski definition) is 5. The molecule has 11 heteroatoms. The number of aromatic nitrogens is 3. The van der Waals surface area contributed by atoms with Gasteiger partial charge in [-0.25, -0.2) is 4.98 Å². The smallest absolute Gasteiger partial charge is 0.341 e. The van der Waals surface area contributed by atoms with E-state index < -0.39 is 11.9 Å². The van der Waals surface area contributed by atoms with Gasteiger partial charge in [0.25, 0.3) is 5.91 Å². The normalized spacial score (nSPS) is 16.9. The summed E-state index contributed by atoms with van der Waals surface area (Å²) >= 11 is 1.59. The van der Waals surface area contributed by atoms with Crippen LogP contribution < -0.4 is 0 Å². The van der Waals surface area contributed by atoms with Gasteiger partial charge in [0.2, 0.25) is 5.91 Å². The van der Waals surface area contributed by atoms with Crippen molar-refractivity contribution >= 4 is 23.2 Å². The van der Waals surface area contributed by atoms with E-state index in [4.69, 9.17) is 4.98 Å². The number of carbonyl (C=O) groups is 2. The Morgan fingerprint density at radius 3 is 2.53 bits per heavy atom. The van der Waals surface area contributed by atoms with Gasteiger partial charge in [0, 0.05) is 49.1 Å². The van der Waals surface area contributed by atoms with Crippen LogP contribution in [0.5, 0.6) is 0 Å². The van der Waals surface area contributed by atoms with Gasteiger partial charge in [-0.3, -0.25) is 14.3 Å². The Kier molecular flexibility index (Phi) is 6.59. The van der Waals surface area contributed by atoms with Crippen molar-refractivity contribution in [1.82, 2.24) is 24.6 Å². The highest BCUT2D eigenvalue weighted by molar-refractivity contribution is 7.12. The van der Waals surface area contributed by atoms with E-state index in [2.05, 4.69) is 5.10 Å². The van der Waals surface area contributed by atoms with Crippen LogP contribution in [-0.4, -0.2) is 56.0 Å². The molecule has 2 aliphatic rings. The van der Waals surface area contributed by atoms with Gasteiger partial charge in [-0.2, -0.15) is 18.3 Å². The van der Waals surface area contributed by atoms with E-state index in [0.717, 1.165) is 32.6 Å². The SMILES string of the molecule is Cc1cc(C(F)(F)F)nn1CC(=O)N1CCC(c2nc3c(s2)CCN(Cc2ccccc2)C3=O)CC1. The molecule has 0 unspecified atom stereocenters. The topological polar surface area (TPSA) is 71.3 Å². The maximum atomic E-state index is 13.1. The van der Waals surface area contributed by atoms with E-state index in [1.54, 1.807) is 16.2 Å². The lowest BCUT2D eigenvalue weighted by molar-refractivity contribution is -0.142. The Bertz CT molecular complexity index is 1260. The molecule has 0 N–H and O–H groups in total. The molecular formula is C25H26F3N5O2S. The minimum absolute atomic E-state index is 0.0389. The van der Waals surface area contributed by atoms with Crippen LogP contribution in [0.15, 0.2) is 36.4 Å². The van der Waals surface area contributed by atoms with Crippen molar-refractivity contribution in [3.8, 4) is 0 Å². The second kappa shape index (κ2) is 9.68. The van der Waals surface area contributed by atoms with Crippen molar-refractivity contribution in [2.45, 2.75) is 51.4 Å². The number of rotatable bonds is 5. The molecule has 2 aliphatic heterocycles. The largest absolute Gasteiger partial charge is 0.435 e. The molecule has 3 aromatic rings. The molecule has 1 fully saturated rings. The van der Waals surface area contributed by atoms with Gasteiger partial charge in [-0.05, 0) is 31.4 Å². The predicted molar refractivity (Wildman–Crippen MR) is 128 cm³/mol. The molecule has 0 aliphatic carbocycles. The van der Waals surface area contributed by atoms with Crippen molar-refractivity contribution in [2.24, 2.45) is 0 Å². The molecule has 36 heavy (non-hydrogen) atoms. The molecule has 4 heterocycles. The van der Waals surface area contributed by atoms with E-state index in [1.807, 2.05) is 35.2 Å². The quantitative estimate of drug-likeness (QED) is 0.507. The number of alkyl halides is 3. The highest BCUT2D eigenvalue weighted by Gasteiger charge is 2.35. The number of amides is 2. The summed E-state index contributed by atoms with van der Waals surface area (Å²) in [6, 6.07) is 10.8. The van der Waals surface area contributed by atoms with Gasteiger partial charge in [0.15, 0.2) is 5.69 Å². The van der Waals surface area contributed by atoms with Crippen LogP contribution in [0.4, 0.5) is 13.2 Å². The molecule has 5 rings (SSSR count). The third-order valence-electron chi connectivity index (χ3n) is 6.78. The van der Waals surface area contributed by atoms with Crippen molar-refractivity contribution in [3.05, 3.63) is 68.9 Å². The van der Waals surface area contributed by atoms with Crippen LogP contribution in [-0.2, 0) is 30.5 Å². The van der Waals surface area contributed by atoms with E-state index in [0.29, 0.717) is 50.4 Å². The summed E-state index contributed by atoms with van der Waals surface area (Å²) in [5, 5.41) is 4.49. The van der Waals surface area contributed by atoms with Crippen molar-refractivity contribution in [2.75, 3.05) is 19.6 Å². The molecular weight excluding hydrogens is 491 g/mol. The lowest BCUT2D eigenvalue weighted by Crippen LogP contribution is -2.40. The summed E-state index contributed by atoms with van der Waals surface area (Å²) in [6.45, 7) is 3.51. The third kappa shape index (κ3) is 5.02. The first-order valence-corrected chi connectivity index (χ1v) is 12.7. The van der Waals surface area contributed by atoms with Crippen LogP contribution >= 0.6 is 11.3 Å². The molecule has 2 aromatic heterocycles. The second-order valence-electron chi connectivity index (χ2n) is 9.27. The van der Waals surface area contributed by atoms with Crippen molar-refractivity contribution in [1.29, 1.82) is 0 Å². The number of carbonyl (C=O) groups excluding carboxylic acids is 2. The predicted octanol–water partition coefficient (Wildman–Crippen LogP) is 4.27. The molecule has 0 bridgehead atoms. The van der Waals surface area contributed by atoms with Gasteiger partial charge in [0.1, 0.15) is 12.2 Å². The maximum Gasteiger partial charge on any atom is 0.435 e. The van der Waals surface area contributed by atoms with E-state index >= 15 is 0 Å².